The Labute approximate surface area is 186 Å². The molecule has 1 amide bonds. The first-order valence-corrected chi connectivity index (χ1v) is 12.0. The summed E-state index contributed by atoms with van der Waals surface area (Å²) in [5.74, 6) is 0.404. The van der Waals surface area contributed by atoms with Crippen LogP contribution >= 0.6 is 34.4 Å². The number of hydrogen-bond acceptors (Lipinski definition) is 9. The predicted molar refractivity (Wildman–Crippen MR) is 120 cm³/mol. The van der Waals surface area contributed by atoms with Crippen LogP contribution in [0.25, 0.3) is 0 Å². The summed E-state index contributed by atoms with van der Waals surface area (Å²) in [7, 11) is 0. The number of ketones is 1. The van der Waals surface area contributed by atoms with E-state index in [-0.39, 0.29) is 17.4 Å². The molecule has 0 aliphatic carbocycles. The van der Waals surface area contributed by atoms with Crippen molar-refractivity contribution >= 4 is 56.9 Å². The van der Waals surface area contributed by atoms with Gasteiger partial charge in [-0.1, -0.05) is 41.3 Å². The van der Waals surface area contributed by atoms with Crippen molar-refractivity contribution in [3.8, 4) is 0 Å². The van der Waals surface area contributed by atoms with Gasteiger partial charge in [-0.2, -0.15) is 0 Å². The van der Waals surface area contributed by atoms with Gasteiger partial charge in [0.2, 0.25) is 11.0 Å². The molecule has 1 aromatic carbocycles. The van der Waals surface area contributed by atoms with Crippen LogP contribution in [0.2, 0.25) is 0 Å². The molecular weight excluding hydrogens is 440 g/mol. The third kappa shape index (κ3) is 5.66. The number of para-hydroxylation sites is 1. The average molecular weight is 461 g/mol. The Morgan fingerprint density at radius 3 is 2.67 bits per heavy atom. The fraction of sp³-hybridized carbons (Fsp3) is 0.300. The van der Waals surface area contributed by atoms with Crippen molar-refractivity contribution in [2.75, 3.05) is 37.4 Å². The Bertz CT molecular complexity index is 1000. The Balaban J connectivity index is 1.27. The zero-order chi connectivity index (χ0) is 20.8. The van der Waals surface area contributed by atoms with E-state index in [1.807, 2.05) is 41.3 Å². The number of Topliss-reactive ketones (excluding diaryl/α,β-unsaturated/α-hetero) is 1. The lowest BCUT2D eigenvalue weighted by Crippen LogP contribution is -2.41. The molecule has 1 fully saturated rings. The largest absolute Gasteiger partial charge is 0.378 e. The van der Waals surface area contributed by atoms with Gasteiger partial charge in [0.1, 0.15) is 0 Å². The fourth-order valence-electron chi connectivity index (χ4n) is 2.86. The van der Waals surface area contributed by atoms with Gasteiger partial charge in [-0.05, 0) is 24.3 Å². The first kappa shape index (κ1) is 21.0. The summed E-state index contributed by atoms with van der Waals surface area (Å²) in [5, 5.41) is 12.1. The molecule has 30 heavy (non-hydrogen) atoms. The maximum atomic E-state index is 12.5. The summed E-state index contributed by atoms with van der Waals surface area (Å²) in [6.07, 6.45) is 0.329. The highest BCUT2D eigenvalue weighted by Gasteiger charge is 2.19. The van der Waals surface area contributed by atoms with Crippen molar-refractivity contribution in [2.45, 2.75) is 10.8 Å². The number of aromatic nitrogens is 2. The molecule has 156 valence electrons. The maximum absolute atomic E-state index is 12.5. The summed E-state index contributed by atoms with van der Waals surface area (Å²) in [5.41, 5.74) is 0.944. The van der Waals surface area contributed by atoms with Gasteiger partial charge in [-0.15, -0.1) is 21.5 Å². The van der Waals surface area contributed by atoms with Gasteiger partial charge in [0, 0.05) is 23.7 Å². The Morgan fingerprint density at radius 2 is 1.87 bits per heavy atom. The fourth-order valence-corrected chi connectivity index (χ4v) is 5.54. The lowest BCUT2D eigenvalue weighted by Gasteiger charge is -2.26. The molecule has 0 atom stereocenters. The molecule has 0 bridgehead atoms. The minimum absolute atomic E-state index is 0.0304. The predicted octanol–water partition coefficient (Wildman–Crippen LogP) is 3.72. The van der Waals surface area contributed by atoms with Gasteiger partial charge >= 0.3 is 0 Å². The summed E-state index contributed by atoms with van der Waals surface area (Å²) in [4.78, 5) is 28.3. The third-order valence-electron chi connectivity index (χ3n) is 4.38. The van der Waals surface area contributed by atoms with Crippen molar-refractivity contribution in [1.29, 1.82) is 0 Å². The van der Waals surface area contributed by atoms with Crippen LogP contribution in [0.1, 0.15) is 14.5 Å². The normalized spacial score (nSPS) is 13.9. The minimum atomic E-state index is 0.0304. The molecular formula is C20H20N4O3S3. The summed E-state index contributed by atoms with van der Waals surface area (Å²) in [6, 6.07) is 13.4. The quantitative estimate of drug-likeness (QED) is 0.405. The van der Waals surface area contributed by atoms with Gasteiger partial charge in [0.05, 0.1) is 30.3 Å². The lowest BCUT2D eigenvalue weighted by molar-refractivity contribution is -0.134. The van der Waals surface area contributed by atoms with E-state index in [0.717, 1.165) is 14.9 Å². The minimum Gasteiger partial charge on any atom is -0.378 e. The van der Waals surface area contributed by atoms with Gasteiger partial charge in [0.15, 0.2) is 10.1 Å². The first-order valence-electron chi connectivity index (χ1n) is 9.43. The van der Waals surface area contributed by atoms with E-state index < -0.39 is 0 Å². The van der Waals surface area contributed by atoms with Gasteiger partial charge in [-0.25, -0.2) is 0 Å². The lowest BCUT2D eigenvalue weighted by atomic mass is 10.3. The average Bonchev–Trinajstić information content (AvgIpc) is 3.43. The standard InChI is InChI=1S/C20H20N4O3S3/c25-16(13-28-20-23-22-19(30-20)21-14-4-2-1-3-5-14)17-7-6-15(29-17)12-18(26)24-8-10-27-11-9-24/h1-7H,8-13H2,(H,21,22). The number of thioether (sulfide) groups is 1. The maximum Gasteiger partial charge on any atom is 0.227 e. The number of nitrogens with zero attached hydrogens (tertiary/aromatic N) is 3. The second kappa shape index (κ2) is 10.2. The number of hydrogen-bond donors (Lipinski definition) is 1. The van der Waals surface area contributed by atoms with Gasteiger partial charge in [0.25, 0.3) is 0 Å². The van der Waals surface area contributed by atoms with Crippen molar-refractivity contribution in [2.24, 2.45) is 0 Å². The number of ether oxygens (including phenoxy) is 1. The molecule has 3 heterocycles. The number of carbonyl (C=O) groups excluding carboxylic acids is 2. The molecule has 1 N–H and O–H groups in total. The highest BCUT2D eigenvalue weighted by atomic mass is 32.2. The number of anilines is 2. The zero-order valence-electron chi connectivity index (χ0n) is 16.1. The van der Waals surface area contributed by atoms with Crippen molar-refractivity contribution in [3.63, 3.8) is 0 Å². The molecule has 1 aliphatic rings. The van der Waals surface area contributed by atoms with E-state index in [1.165, 1.54) is 34.4 Å². The Morgan fingerprint density at radius 1 is 1.07 bits per heavy atom. The van der Waals surface area contributed by atoms with Gasteiger partial charge in [-0.3, -0.25) is 9.59 Å². The summed E-state index contributed by atoms with van der Waals surface area (Å²) >= 11 is 4.18. The molecule has 7 nitrogen and oxygen atoms in total. The molecule has 0 radical (unpaired) electrons. The van der Waals surface area contributed by atoms with Crippen molar-refractivity contribution < 1.29 is 14.3 Å². The zero-order valence-corrected chi connectivity index (χ0v) is 18.5. The summed E-state index contributed by atoms with van der Waals surface area (Å²) in [6.45, 7) is 2.45. The Hall–Kier alpha value is -2.27. The molecule has 0 unspecified atom stereocenters. The molecule has 0 spiro atoms. The van der Waals surface area contributed by atoms with Crippen LogP contribution in [-0.2, 0) is 16.0 Å². The van der Waals surface area contributed by atoms with Crippen LogP contribution < -0.4 is 5.32 Å². The topological polar surface area (TPSA) is 84.4 Å². The van der Waals surface area contributed by atoms with Gasteiger partial charge < -0.3 is 15.0 Å². The highest BCUT2D eigenvalue weighted by molar-refractivity contribution is 8.01. The Kier molecular flexibility index (Phi) is 7.11. The molecule has 3 aromatic rings. The summed E-state index contributed by atoms with van der Waals surface area (Å²) < 4.78 is 6.02. The molecule has 1 saturated heterocycles. The second-order valence-corrected chi connectivity index (χ2v) is 9.88. The van der Waals surface area contributed by atoms with Crippen molar-refractivity contribution in [1.82, 2.24) is 15.1 Å². The molecule has 10 heteroatoms. The number of morpholine rings is 1. The van der Waals surface area contributed by atoms with E-state index in [9.17, 15) is 9.59 Å². The number of rotatable bonds is 8. The van der Waals surface area contributed by atoms with Crippen LogP contribution in [0, 0.1) is 0 Å². The molecule has 1 aliphatic heterocycles. The van der Waals surface area contributed by atoms with Crippen molar-refractivity contribution in [3.05, 3.63) is 52.2 Å². The number of amides is 1. The van der Waals surface area contributed by atoms with Crippen LogP contribution in [-0.4, -0.2) is 58.8 Å². The molecule has 2 aromatic heterocycles. The smallest absolute Gasteiger partial charge is 0.227 e. The first-order chi connectivity index (χ1) is 14.7. The molecule has 0 saturated carbocycles. The third-order valence-corrected chi connectivity index (χ3v) is 7.48. The van der Waals surface area contributed by atoms with Crippen LogP contribution in [0.5, 0.6) is 0 Å². The van der Waals surface area contributed by atoms with Crippen LogP contribution in [0.15, 0.2) is 46.8 Å². The number of benzene rings is 1. The van der Waals surface area contributed by atoms with Crippen LogP contribution in [0.3, 0.4) is 0 Å². The van der Waals surface area contributed by atoms with E-state index in [2.05, 4.69) is 15.5 Å². The number of nitrogens with one attached hydrogen (secondary N) is 1. The second-order valence-electron chi connectivity index (χ2n) is 6.51. The number of carbonyl (C=O) groups is 2. The van der Waals surface area contributed by atoms with E-state index >= 15 is 0 Å². The number of thiophene rings is 1. The van der Waals surface area contributed by atoms with Crippen LogP contribution in [0.4, 0.5) is 10.8 Å². The monoisotopic (exact) mass is 460 g/mol. The van der Waals surface area contributed by atoms with E-state index in [1.54, 1.807) is 6.07 Å². The SMILES string of the molecule is O=C(CSc1nnc(Nc2ccccc2)s1)c1ccc(CC(=O)N2CCOCC2)s1. The highest BCUT2D eigenvalue weighted by Crippen LogP contribution is 2.29. The van der Waals surface area contributed by atoms with E-state index in [0.29, 0.717) is 42.7 Å². The van der Waals surface area contributed by atoms with E-state index in [4.69, 9.17) is 4.74 Å². The molecule has 4 rings (SSSR count).